The van der Waals surface area contributed by atoms with Crippen molar-refractivity contribution < 1.29 is 9.53 Å². The van der Waals surface area contributed by atoms with Crippen LogP contribution in [-0.4, -0.2) is 37.2 Å². The second kappa shape index (κ2) is 9.88. The maximum atomic E-state index is 12.2. The second-order valence-corrected chi connectivity index (χ2v) is 8.78. The maximum absolute atomic E-state index is 12.2. The summed E-state index contributed by atoms with van der Waals surface area (Å²) in [5.74, 6) is 0.418. The van der Waals surface area contributed by atoms with Crippen molar-refractivity contribution in [2.24, 2.45) is 0 Å². The minimum Gasteiger partial charge on any atom is -0.444 e. The first-order valence-electron chi connectivity index (χ1n) is 9.33. The van der Waals surface area contributed by atoms with Crippen molar-refractivity contribution in [3.63, 3.8) is 0 Å². The molecule has 1 fully saturated rings. The number of hydrogen-bond donors (Lipinski definition) is 1. The summed E-state index contributed by atoms with van der Waals surface area (Å²) in [4.78, 5) is 15.9. The quantitative estimate of drug-likeness (QED) is 0.639. The zero-order valence-corrected chi connectivity index (χ0v) is 18.3. The van der Waals surface area contributed by atoms with Gasteiger partial charge in [0.15, 0.2) is 0 Å². The maximum Gasteiger partial charge on any atom is 0.410 e. The van der Waals surface area contributed by atoms with Gasteiger partial charge in [-0.3, -0.25) is 0 Å². The smallest absolute Gasteiger partial charge is 0.410 e. The number of nitrogens with zero attached hydrogens (tertiary/aromatic N) is 1. The van der Waals surface area contributed by atoms with E-state index >= 15 is 0 Å². The third kappa shape index (κ3) is 5.15. The van der Waals surface area contributed by atoms with E-state index in [0.29, 0.717) is 34.6 Å². The third-order valence-corrected chi connectivity index (χ3v) is 6.80. The highest BCUT2D eigenvalue weighted by Crippen LogP contribution is 2.41. The van der Waals surface area contributed by atoms with Gasteiger partial charge in [0.2, 0.25) is 0 Å². The Morgan fingerprint density at radius 3 is 2.54 bits per heavy atom. The van der Waals surface area contributed by atoms with Gasteiger partial charge < -0.3 is 15.0 Å². The Hall–Kier alpha value is -1.40. The molecule has 0 bridgehead atoms. The number of rotatable bonds is 5. The van der Waals surface area contributed by atoms with Gasteiger partial charge in [0.05, 0.1) is 10.0 Å². The van der Waals surface area contributed by atoms with Crippen molar-refractivity contribution in [3.05, 3.63) is 57.6 Å². The van der Waals surface area contributed by atoms with E-state index in [2.05, 4.69) is 31.3 Å². The van der Waals surface area contributed by atoms with Crippen molar-refractivity contribution in [3.8, 4) is 0 Å². The topological polar surface area (TPSA) is 41.6 Å². The predicted octanol–water partition coefficient (Wildman–Crippen LogP) is 5.81. The van der Waals surface area contributed by atoms with E-state index in [0.717, 1.165) is 22.9 Å². The number of carbonyl (C=O) groups is 1. The molecule has 1 aliphatic heterocycles. The summed E-state index contributed by atoms with van der Waals surface area (Å²) in [5.41, 5.74) is 1.98. The molecule has 1 N–H and O–H groups in total. The Balaban J connectivity index is 1.70. The fraction of sp³-hybridized carbons (Fsp3) is 0.381. The van der Waals surface area contributed by atoms with E-state index in [4.69, 9.17) is 27.9 Å². The van der Waals surface area contributed by atoms with Crippen LogP contribution in [-0.2, 0) is 11.3 Å². The van der Waals surface area contributed by atoms with Crippen LogP contribution in [0.1, 0.15) is 30.9 Å². The van der Waals surface area contributed by atoms with Crippen LogP contribution >= 0.6 is 35.0 Å². The van der Waals surface area contributed by atoms with Gasteiger partial charge in [-0.25, -0.2) is 4.79 Å². The second-order valence-electron chi connectivity index (χ2n) is 6.94. The molecule has 1 heterocycles. The van der Waals surface area contributed by atoms with Gasteiger partial charge in [0, 0.05) is 41.5 Å². The van der Waals surface area contributed by atoms with Crippen LogP contribution in [0.3, 0.4) is 0 Å². The van der Waals surface area contributed by atoms with Gasteiger partial charge in [0.25, 0.3) is 0 Å². The van der Waals surface area contributed by atoms with Crippen LogP contribution in [0.5, 0.6) is 0 Å². The molecule has 0 aliphatic carbocycles. The Kier molecular flexibility index (Phi) is 7.52. The average molecular weight is 439 g/mol. The molecule has 1 aliphatic rings. The number of hydrogen-bond acceptors (Lipinski definition) is 4. The van der Waals surface area contributed by atoms with Crippen LogP contribution < -0.4 is 5.32 Å². The minimum absolute atomic E-state index is 0.106. The van der Waals surface area contributed by atoms with Gasteiger partial charge in [-0.05, 0) is 23.6 Å². The molecule has 3 rings (SSSR count). The molecule has 0 atom stereocenters. The van der Waals surface area contributed by atoms with E-state index < -0.39 is 0 Å². The molecular formula is C21H24Cl2N2O2S. The van der Waals surface area contributed by atoms with Gasteiger partial charge in [0.1, 0.15) is 6.61 Å². The first-order valence-corrected chi connectivity index (χ1v) is 10.9. The van der Waals surface area contributed by atoms with E-state index in [1.807, 2.05) is 24.3 Å². The lowest BCUT2D eigenvalue weighted by atomic mass is 10.0. The normalized spacial score (nSPS) is 14.4. The number of nitrogens with one attached hydrogen (secondary N) is 1. The fourth-order valence-electron chi connectivity index (χ4n) is 3.01. The van der Waals surface area contributed by atoms with Gasteiger partial charge in [-0.15, -0.1) is 0 Å². The first kappa shape index (κ1) is 21.3. The molecule has 28 heavy (non-hydrogen) atoms. The average Bonchev–Trinajstić information content (AvgIpc) is 2.71. The standard InChI is InChI=1S/C21H24Cl2N2O2S/c1-14(2)16-5-3-4-6-17(16)28-18-8-7-15(19(22)20(18)23)13-27-21(26)25-11-9-24-10-12-25/h3-8,14,24H,9-13H2,1-2H3. The molecule has 0 spiro atoms. The molecule has 0 saturated carbocycles. The lowest BCUT2D eigenvalue weighted by Gasteiger charge is -2.26. The van der Waals surface area contributed by atoms with Crippen LogP contribution in [0.15, 0.2) is 46.2 Å². The van der Waals surface area contributed by atoms with Crippen LogP contribution in [0.25, 0.3) is 0 Å². The van der Waals surface area contributed by atoms with Crippen LogP contribution in [0.2, 0.25) is 10.0 Å². The Labute approximate surface area is 180 Å². The third-order valence-electron chi connectivity index (χ3n) is 4.61. The zero-order chi connectivity index (χ0) is 20.1. The van der Waals surface area contributed by atoms with E-state index in [9.17, 15) is 4.79 Å². The summed E-state index contributed by atoms with van der Waals surface area (Å²) in [6.07, 6.45) is -0.321. The predicted molar refractivity (Wildman–Crippen MR) is 116 cm³/mol. The van der Waals surface area contributed by atoms with Crippen LogP contribution in [0.4, 0.5) is 4.79 Å². The number of amides is 1. The summed E-state index contributed by atoms with van der Waals surface area (Å²) in [5, 5.41) is 4.13. The SMILES string of the molecule is CC(C)c1ccccc1Sc1ccc(COC(=O)N2CCNCC2)c(Cl)c1Cl. The Morgan fingerprint density at radius 1 is 1.11 bits per heavy atom. The van der Waals surface area contributed by atoms with E-state index in [1.165, 1.54) is 5.56 Å². The van der Waals surface area contributed by atoms with Crippen molar-refractivity contribution in [2.75, 3.05) is 26.2 Å². The van der Waals surface area contributed by atoms with E-state index in [1.54, 1.807) is 16.7 Å². The zero-order valence-electron chi connectivity index (χ0n) is 16.0. The molecule has 2 aromatic rings. The molecule has 0 radical (unpaired) electrons. The summed E-state index contributed by atoms with van der Waals surface area (Å²) < 4.78 is 5.42. The highest BCUT2D eigenvalue weighted by atomic mass is 35.5. The molecule has 7 heteroatoms. The summed E-state index contributed by atoms with van der Waals surface area (Å²) in [6.45, 7) is 7.32. The Morgan fingerprint density at radius 2 is 1.82 bits per heavy atom. The highest BCUT2D eigenvalue weighted by molar-refractivity contribution is 7.99. The number of halogens is 2. The molecule has 2 aromatic carbocycles. The van der Waals surface area contributed by atoms with Crippen molar-refractivity contribution in [2.45, 2.75) is 36.2 Å². The summed E-state index contributed by atoms with van der Waals surface area (Å²) >= 11 is 14.6. The van der Waals surface area contributed by atoms with Gasteiger partial charge >= 0.3 is 6.09 Å². The van der Waals surface area contributed by atoms with Crippen molar-refractivity contribution >= 4 is 41.1 Å². The minimum atomic E-state index is -0.321. The molecule has 0 unspecified atom stereocenters. The molecule has 4 nitrogen and oxygen atoms in total. The van der Waals surface area contributed by atoms with Crippen molar-refractivity contribution in [1.82, 2.24) is 10.2 Å². The Bertz CT molecular complexity index is 839. The summed E-state index contributed by atoms with van der Waals surface area (Å²) in [6, 6.07) is 12.1. The monoisotopic (exact) mass is 438 g/mol. The number of ether oxygens (including phenoxy) is 1. The lowest BCUT2D eigenvalue weighted by molar-refractivity contribution is 0.0918. The number of carbonyl (C=O) groups excluding carboxylic acids is 1. The highest BCUT2D eigenvalue weighted by Gasteiger charge is 2.19. The van der Waals surface area contributed by atoms with Crippen molar-refractivity contribution in [1.29, 1.82) is 0 Å². The molecule has 1 saturated heterocycles. The molecule has 0 aromatic heterocycles. The number of benzene rings is 2. The van der Waals surface area contributed by atoms with Crippen LogP contribution in [0, 0.1) is 0 Å². The molecular weight excluding hydrogens is 415 g/mol. The fourth-order valence-corrected chi connectivity index (χ4v) is 4.72. The summed E-state index contributed by atoms with van der Waals surface area (Å²) in [7, 11) is 0. The lowest BCUT2D eigenvalue weighted by Crippen LogP contribution is -2.46. The molecule has 1 amide bonds. The van der Waals surface area contributed by atoms with Gasteiger partial charge in [-0.1, -0.05) is 73.1 Å². The van der Waals surface area contributed by atoms with E-state index in [-0.39, 0.29) is 12.7 Å². The largest absolute Gasteiger partial charge is 0.444 e. The molecule has 150 valence electrons. The number of piperazine rings is 1. The van der Waals surface area contributed by atoms with Gasteiger partial charge in [-0.2, -0.15) is 0 Å². The first-order chi connectivity index (χ1) is 13.5.